The molecule has 2 unspecified atom stereocenters. The number of methoxy groups -OCH3 is 1. The van der Waals surface area contributed by atoms with Gasteiger partial charge >= 0.3 is 12.1 Å². The zero-order chi connectivity index (χ0) is 25.0. The summed E-state index contributed by atoms with van der Waals surface area (Å²) in [5.41, 5.74) is 3.37. The maximum absolute atomic E-state index is 12.5. The maximum atomic E-state index is 12.5. The summed E-state index contributed by atoms with van der Waals surface area (Å²) in [5.74, 6) is -1.14. The zero-order valence-corrected chi connectivity index (χ0v) is 20.2. The highest BCUT2D eigenvalue weighted by molar-refractivity contribution is 5.82. The van der Waals surface area contributed by atoms with Crippen molar-refractivity contribution < 1.29 is 29.0 Å². The van der Waals surface area contributed by atoms with Gasteiger partial charge in [-0.15, -0.1) is 0 Å². The lowest BCUT2D eigenvalue weighted by Crippen LogP contribution is -2.44. The Kier molecular flexibility index (Phi) is 7.40. The highest BCUT2D eigenvalue weighted by Gasteiger charge is 2.46. The molecule has 2 N–H and O–H groups in total. The van der Waals surface area contributed by atoms with Crippen LogP contribution in [-0.2, 0) is 19.1 Å². The summed E-state index contributed by atoms with van der Waals surface area (Å²) in [6.07, 6.45) is 1.28. The van der Waals surface area contributed by atoms with E-state index in [-0.39, 0.29) is 43.9 Å². The van der Waals surface area contributed by atoms with Gasteiger partial charge in [-0.3, -0.25) is 4.79 Å². The summed E-state index contributed by atoms with van der Waals surface area (Å²) in [4.78, 5) is 37.9. The van der Waals surface area contributed by atoms with Gasteiger partial charge in [0.2, 0.25) is 5.91 Å². The van der Waals surface area contributed by atoms with Crippen LogP contribution in [0.3, 0.4) is 0 Å². The van der Waals surface area contributed by atoms with Crippen LogP contribution in [0.4, 0.5) is 4.79 Å². The second-order valence-electron chi connectivity index (χ2n) is 9.33. The van der Waals surface area contributed by atoms with Crippen LogP contribution in [0.1, 0.15) is 49.7 Å². The van der Waals surface area contributed by atoms with E-state index < -0.39 is 17.7 Å². The molecule has 0 aromatic heterocycles. The molecule has 1 fully saturated rings. The van der Waals surface area contributed by atoms with E-state index in [4.69, 9.17) is 9.47 Å². The number of ether oxygens (including phenoxy) is 2. The third-order valence-electron chi connectivity index (χ3n) is 7.10. The minimum absolute atomic E-state index is 0.00607. The summed E-state index contributed by atoms with van der Waals surface area (Å²) in [5, 5.41) is 12.2. The number of amides is 2. The van der Waals surface area contributed by atoms with Gasteiger partial charge in [-0.05, 0) is 42.0 Å². The van der Waals surface area contributed by atoms with E-state index in [1.165, 1.54) is 18.2 Å². The third-order valence-corrected chi connectivity index (χ3v) is 7.10. The minimum atomic E-state index is -1.31. The van der Waals surface area contributed by atoms with Crippen molar-refractivity contribution in [2.24, 2.45) is 0 Å². The number of carbonyl (C=O) groups is 3. The molecule has 1 saturated heterocycles. The predicted octanol–water partition coefficient (Wildman–Crippen LogP) is 3.79. The van der Waals surface area contributed by atoms with E-state index in [2.05, 4.69) is 29.6 Å². The molecule has 0 radical (unpaired) electrons. The molecule has 2 aromatic carbocycles. The van der Waals surface area contributed by atoms with Crippen molar-refractivity contribution in [3.05, 3.63) is 59.7 Å². The predicted molar refractivity (Wildman–Crippen MR) is 130 cm³/mol. The highest BCUT2D eigenvalue weighted by Crippen LogP contribution is 2.44. The number of aliphatic carboxylic acids is 1. The highest BCUT2D eigenvalue weighted by atomic mass is 16.5. The number of nitrogens with zero attached hydrogens (tertiary/aromatic N) is 1. The quantitative estimate of drug-likeness (QED) is 0.566. The molecule has 0 saturated carbocycles. The Hall–Kier alpha value is -3.39. The molecular formula is C27H32N2O6. The number of likely N-dealkylation sites (tertiary alicyclic amines) is 1. The molecule has 2 amide bonds. The van der Waals surface area contributed by atoms with Crippen LogP contribution in [0.2, 0.25) is 0 Å². The van der Waals surface area contributed by atoms with Gasteiger partial charge in [-0.1, -0.05) is 48.5 Å². The van der Waals surface area contributed by atoms with Crippen LogP contribution in [-0.4, -0.2) is 66.4 Å². The van der Waals surface area contributed by atoms with Crippen molar-refractivity contribution in [2.45, 2.75) is 50.2 Å². The first-order valence-electron chi connectivity index (χ1n) is 12.0. The van der Waals surface area contributed by atoms with Crippen molar-refractivity contribution >= 4 is 18.0 Å². The van der Waals surface area contributed by atoms with Gasteiger partial charge in [0.05, 0.1) is 6.54 Å². The van der Waals surface area contributed by atoms with Crippen LogP contribution >= 0.6 is 0 Å². The largest absolute Gasteiger partial charge is 0.479 e. The van der Waals surface area contributed by atoms with Gasteiger partial charge in [0.1, 0.15) is 6.61 Å². The van der Waals surface area contributed by atoms with Gasteiger partial charge in [0.25, 0.3) is 0 Å². The lowest BCUT2D eigenvalue weighted by Gasteiger charge is -2.23. The van der Waals surface area contributed by atoms with Crippen LogP contribution in [0.5, 0.6) is 0 Å². The average Bonchev–Trinajstić information content (AvgIpc) is 3.44. The van der Waals surface area contributed by atoms with Gasteiger partial charge in [0.15, 0.2) is 5.60 Å². The normalized spacial score (nSPS) is 19.7. The Morgan fingerprint density at radius 3 is 2.31 bits per heavy atom. The van der Waals surface area contributed by atoms with Gasteiger partial charge < -0.3 is 24.8 Å². The van der Waals surface area contributed by atoms with E-state index in [1.807, 2.05) is 31.2 Å². The summed E-state index contributed by atoms with van der Waals surface area (Å²) in [7, 11) is 1.36. The van der Waals surface area contributed by atoms with E-state index in [1.54, 1.807) is 4.90 Å². The number of carboxylic acid groups (broad SMARTS) is 1. The summed E-state index contributed by atoms with van der Waals surface area (Å²) in [6.45, 7) is 2.56. The summed E-state index contributed by atoms with van der Waals surface area (Å²) < 4.78 is 10.8. The SMILES string of the molecule is COC1(C(=O)O)CCN(C(=O)CCCC(C)NC(=O)OCC2c3ccccc3-c3ccccc32)C1. The van der Waals surface area contributed by atoms with E-state index in [9.17, 15) is 19.5 Å². The number of rotatable bonds is 9. The van der Waals surface area contributed by atoms with Crippen LogP contribution in [0.25, 0.3) is 11.1 Å². The average molecular weight is 481 g/mol. The molecule has 35 heavy (non-hydrogen) atoms. The molecule has 2 atom stereocenters. The lowest BCUT2D eigenvalue weighted by atomic mass is 9.98. The molecule has 0 spiro atoms. The molecule has 186 valence electrons. The molecule has 4 rings (SSSR count). The second-order valence-corrected chi connectivity index (χ2v) is 9.33. The summed E-state index contributed by atoms with van der Waals surface area (Å²) >= 11 is 0. The zero-order valence-electron chi connectivity index (χ0n) is 20.2. The fourth-order valence-corrected chi connectivity index (χ4v) is 5.05. The van der Waals surface area contributed by atoms with Crippen LogP contribution < -0.4 is 5.32 Å². The number of hydrogen-bond donors (Lipinski definition) is 2. The first-order valence-corrected chi connectivity index (χ1v) is 12.0. The number of hydrogen-bond acceptors (Lipinski definition) is 5. The fourth-order valence-electron chi connectivity index (χ4n) is 5.05. The first-order chi connectivity index (χ1) is 16.8. The molecule has 0 bridgehead atoms. The van der Waals surface area contributed by atoms with Crippen molar-refractivity contribution in [1.82, 2.24) is 10.2 Å². The monoisotopic (exact) mass is 480 g/mol. The summed E-state index contributed by atoms with van der Waals surface area (Å²) in [6, 6.07) is 16.2. The Balaban J connectivity index is 1.21. The van der Waals surface area contributed by atoms with Crippen LogP contribution in [0.15, 0.2) is 48.5 Å². The Labute approximate surface area is 205 Å². The molecule has 1 heterocycles. The number of fused-ring (bicyclic) bond motifs is 3. The lowest BCUT2D eigenvalue weighted by molar-refractivity contribution is -0.161. The molecule has 1 aliphatic heterocycles. The van der Waals surface area contributed by atoms with Gasteiger partial charge in [-0.2, -0.15) is 0 Å². The van der Waals surface area contributed by atoms with Crippen molar-refractivity contribution in [1.29, 1.82) is 0 Å². The molecular weight excluding hydrogens is 448 g/mol. The molecule has 2 aliphatic rings. The topological polar surface area (TPSA) is 105 Å². The molecule has 2 aromatic rings. The molecule has 8 heteroatoms. The fraction of sp³-hybridized carbons (Fsp3) is 0.444. The smallest absolute Gasteiger partial charge is 0.407 e. The number of benzene rings is 2. The number of carboxylic acids is 1. The van der Waals surface area contributed by atoms with Crippen molar-refractivity contribution in [2.75, 3.05) is 26.8 Å². The number of nitrogens with one attached hydrogen (secondary N) is 1. The van der Waals surface area contributed by atoms with E-state index in [0.717, 1.165) is 11.1 Å². The van der Waals surface area contributed by atoms with Crippen LogP contribution in [0, 0.1) is 0 Å². The Morgan fingerprint density at radius 2 is 1.74 bits per heavy atom. The second kappa shape index (κ2) is 10.5. The first kappa shape index (κ1) is 24.7. The Bertz CT molecular complexity index is 1060. The van der Waals surface area contributed by atoms with Gasteiger partial charge in [-0.25, -0.2) is 9.59 Å². The van der Waals surface area contributed by atoms with Crippen molar-refractivity contribution in [3.8, 4) is 11.1 Å². The third kappa shape index (κ3) is 5.17. The standard InChI is InChI=1S/C27H32N2O6/c1-18(8-7-13-24(30)29-15-14-27(17-29,34-2)25(31)32)28-26(33)35-16-23-21-11-5-3-9-19(21)20-10-4-6-12-22(20)23/h3-6,9-12,18,23H,7-8,13-17H2,1-2H3,(H,28,33)(H,31,32). The van der Waals surface area contributed by atoms with Crippen molar-refractivity contribution in [3.63, 3.8) is 0 Å². The maximum Gasteiger partial charge on any atom is 0.407 e. The van der Waals surface area contributed by atoms with Gasteiger partial charge in [0, 0.05) is 38.5 Å². The molecule has 8 nitrogen and oxygen atoms in total. The van der Waals surface area contributed by atoms with E-state index in [0.29, 0.717) is 19.4 Å². The Morgan fingerprint density at radius 1 is 1.11 bits per heavy atom. The van der Waals surface area contributed by atoms with E-state index >= 15 is 0 Å². The minimum Gasteiger partial charge on any atom is -0.479 e. The molecule has 1 aliphatic carbocycles. The number of alkyl carbamates (subject to hydrolysis) is 1. The number of carbonyl (C=O) groups excluding carboxylic acids is 2.